The maximum atomic E-state index is 13.7. The number of carbonyl (C=O) groups excluding carboxylic acids is 2. The predicted octanol–water partition coefficient (Wildman–Crippen LogP) is 3.10. The van der Waals surface area contributed by atoms with E-state index >= 15 is 0 Å². The third-order valence-electron chi connectivity index (χ3n) is 3.65. The Hall–Kier alpha value is -3.94. The Bertz CT molecular complexity index is 996. The van der Waals surface area contributed by atoms with Crippen LogP contribution in [0.25, 0.3) is 0 Å². The third-order valence-corrected chi connectivity index (χ3v) is 3.65. The second-order valence-corrected chi connectivity index (χ2v) is 5.55. The Labute approximate surface area is 160 Å². The molecule has 0 spiro atoms. The molecule has 142 valence electrons. The van der Waals surface area contributed by atoms with Crippen molar-refractivity contribution in [1.82, 2.24) is 15.8 Å². The van der Waals surface area contributed by atoms with Gasteiger partial charge in [-0.05, 0) is 36.4 Å². The number of amides is 2. The smallest absolute Gasteiger partial charge is 0.288 e. The fraction of sp³-hybridized carbons (Fsp3) is 0.0500. The number of hydrogen-bond donors (Lipinski definition) is 2. The average Bonchev–Trinajstić information content (AvgIpc) is 2.72. The number of halogens is 1. The molecule has 0 saturated carbocycles. The van der Waals surface area contributed by atoms with E-state index in [9.17, 15) is 14.0 Å². The van der Waals surface area contributed by atoms with Crippen molar-refractivity contribution in [3.05, 3.63) is 83.9 Å². The van der Waals surface area contributed by atoms with Crippen LogP contribution in [0.4, 0.5) is 4.39 Å². The highest BCUT2D eigenvalue weighted by molar-refractivity contribution is 5.98. The molecule has 3 rings (SSSR count). The lowest BCUT2D eigenvalue weighted by molar-refractivity contribution is 0.0843. The maximum absolute atomic E-state index is 13.7. The molecule has 0 fully saturated rings. The lowest BCUT2D eigenvalue weighted by Crippen LogP contribution is -2.42. The molecule has 0 bridgehead atoms. The first-order chi connectivity index (χ1) is 13.6. The number of nitrogens with one attached hydrogen (secondary N) is 2. The van der Waals surface area contributed by atoms with Gasteiger partial charge in [-0.2, -0.15) is 0 Å². The summed E-state index contributed by atoms with van der Waals surface area (Å²) in [6, 6.07) is 15.8. The molecule has 0 aliphatic rings. The molecular formula is C20H16FN3O4. The summed E-state index contributed by atoms with van der Waals surface area (Å²) in [6.45, 7) is 0. The standard InChI is InChI=1S/C20H16FN3O4/c1-27-18-8-7-13(11-16(18)21)19(25)23-24-20(26)17-12-15(9-10-22-17)28-14-5-3-2-4-6-14/h2-12H,1H3,(H,23,25)(H,24,26). The van der Waals surface area contributed by atoms with Crippen LogP contribution < -0.4 is 20.3 Å². The normalized spacial score (nSPS) is 10.1. The van der Waals surface area contributed by atoms with E-state index in [2.05, 4.69) is 15.8 Å². The SMILES string of the molecule is COc1ccc(C(=O)NNC(=O)c2cc(Oc3ccccc3)ccn2)cc1F. The fourth-order valence-corrected chi connectivity index (χ4v) is 2.28. The van der Waals surface area contributed by atoms with Crippen LogP contribution in [0.5, 0.6) is 17.2 Å². The number of para-hydroxylation sites is 1. The molecule has 2 amide bonds. The summed E-state index contributed by atoms with van der Waals surface area (Å²) in [7, 11) is 1.32. The second kappa shape index (κ2) is 8.63. The zero-order chi connectivity index (χ0) is 19.9. The van der Waals surface area contributed by atoms with Crippen molar-refractivity contribution in [2.45, 2.75) is 0 Å². The summed E-state index contributed by atoms with van der Waals surface area (Å²) in [6.07, 6.45) is 1.41. The van der Waals surface area contributed by atoms with Crippen LogP contribution in [-0.2, 0) is 0 Å². The van der Waals surface area contributed by atoms with Gasteiger partial charge < -0.3 is 9.47 Å². The number of aromatic nitrogens is 1. The number of carbonyl (C=O) groups is 2. The van der Waals surface area contributed by atoms with E-state index in [-0.39, 0.29) is 17.0 Å². The van der Waals surface area contributed by atoms with Gasteiger partial charge in [0.15, 0.2) is 11.6 Å². The highest BCUT2D eigenvalue weighted by atomic mass is 19.1. The molecule has 0 atom stereocenters. The summed E-state index contributed by atoms with van der Waals surface area (Å²) >= 11 is 0. The van der Waals surface area contributed by atoms with Crippen LogP contribution in [0.1, 0.15) is 20.8 Å². The van der Waals surface area contributed by atoms with Crippen molar-refractivity contribution < 1.29 is 23.5 Å². The molecule has 0 aliphatic carbocycles. The zero-order valence-electron chi connectivity index (χ0n) is 14.8. The number of methoxy groups -OCH3 is 1. The van der Waals surface area contributed by atoms with E-state index < -0.39 is 17.6 Å². The quantitative estimate of drug-likeness (QED) is 0.663. The zero-order valence-corrected chi connectivity index (χ0v) is 14.8. The van der Waals surface area contributed by atoms with Crippen molar-refractivity contribution >= 4 is 11.8 Å². The summed E-state index contributed by atoms with van der Waals surface area (Å²) in [5.74, 6) is -0.994. The minimum Gasteiger partial charge on any atom is -0.494 e. The van der Waals surface area contributed by atoms with E-state index in [0.29, 0.717) is 11.5 Å². The van der Waals surface area contributed by atoms with Gasteiger partial charge in [0.05, 0.1) is 7.11 Å². The molecule has 1 heterocycles. The number of pyridine rings is 1. The number of benzene rings is 2. The Morgan fingerprint density at radius 3 is 2.39 bits per heavy atom. The molecule has 0 aliphatic heterocycles. The summed E-state index contributed by atoms with van der Waals surface area (Å²) in [5.41, 5.74) is 4.49. The van der Waals surface area contributed by atoms with Crippen molar-refractivity contribution in [2.75, 3.05) is 7.11 Å². The van der Waals surface area contributed by atoms with E-state index in [4.69, 9.17) is 9.47 Å². The topological polar surface area (TPSA) is 89.6 Å². The van der Waals surface area contributed by atoms with Crippen LogP contribution in [0, 0.1) is 5.82 Å². The largest absolute Gasteiger partial charge is 0.494 e. The van der Waals surface area contributed by atoms with Crippen LogP contribution in [0.15, 0.2) is 66.9 Å². The Morgan fingerprint density at radius 1 is 0.929 bits per heavy atom. The lowest BCUT2D eigenvalue weighted by Gasteiger charge is -2.09. The molecule has 2 aromatic carbocycles. The van der Waals surface area contributed by atoms with Gasteiger partial charge in [-0.1, -0.05) is 18.2 Å². The Kier molecular flexibility index (Phi) is 5.81. The lowest BCUT2D eigenvalue weighted by atomic mass is 10.2. The molecule has 0 saturated heterocycles. The Balaban J connectivity index is 1.62. The molecule has 3 aromatic rings. The van der Waals surface area contributed by atoms with Crippen molar-refractivity contribution in [3.8, 4) is 17.2 Å². The van der Waals surface area contributed by atoms with E-state index in [0.717, 1.165) is 6.07 Å². The van der Waals surface area contributed by atoms with Gasteiger partial charge in [0.2, 0.25) is 0 Å². The number of ether oxygens (including phenoxy) is 2. The molecular weight excluding hydrogens is 365 g/mol. The van der Waals surface area contributed by atoms with Crippen LogP contribution in [-0.4, -0.2) is 23.9 Å². The minimum absolute atomic E-state index is 0.0139. The molecule has 0 radical (unpaired) electrons. The predicted molar refractivity (Wildman–Crippen MR) is 98.6 cm³/mol. The van der Waals surface area contributed by atoms with E-state index in [1.165, 1.54) is 31.5 Å². The number of nitrogens with zero attached hydrogens (tertiary/aromatic N) is 1. The van der Waals surface area contributed by atoms with Crippen molar-refractivity contribution in [3.63, 3.8) is 0 Å². The highest BCUT2D eigenvalue weighted by Crippen LogP contribution is 2.21. The maximum Gasteiger partial charge on any atom is 0.288 e. The van der Waals surface area contributed by atoms with Gasteiger partial charge in [-0.15, -0.1) is 0 Å². The van der Waals surface area contributed by atoms with E-state index in [1.54, 1.807) is 18.2 Å². The first-order valence-electron chi connectivity index (χ1n) is 8.20. The highest BCUT2D eigenvalue weighted by Gasteiger charge is 2.13. The van der Waals surface area contributed by atoms with Gasteiger partial charge in [-0.3, -0.25) is 25.4 Å². The number of rotatable bonds is 5. The monoisotopic (exact) mass is 381 g/mol. The average molecular weight is 381 g/mol. The van der Waals surface area contributed by atoms with Gasteiger partial charge in [0.25, 0.3) is 11.8 Å². The van der Waals surface area contributed by atoms with Crippen molar-refractivity contribution in [1.29, 1.82) is 0 Å². The molecule has 7 nitrogen and oxygen atoms in total. The number of hydrazine groups is 1. The van der Waals surface area contributed by atoms with Crippen LogP contribution in [0.3, 0.4) is 0 Å². The molecule has 28 heavy (non-hydrogen) atoms. The summed E-state index contributed by atoms with van der Waals surface area (Å²) < 4.78 is 24.1. The molecule has 0 unspecified atom stereocenters. The first-order valence-corrected chi connectivity index (χ1v) is 8.20. The van der Waals surface area contributed by atoms with Gasteiger partial charge in [-0.25, -0.2) is 4.39 Å². The first kappa shape index (κ1) is 18.8. The van der Waals surface area contributed by atoms with Gasteiger partial charge >= 0.3 is 0 Å². The Morgan fingerprint density at radius 2 is 1.68 bits per heavy atom. The van der Waals surface area contributed by atoms with Crippen LogP contribution in [0.2, 0.25) is 0 Å². The molecule has 1 aromatic heterocycles. The fourth-order valence-electron chi connectivity index (χ4n) is 2.28. The molecule has 2 N–H and O–H groups in total. The summed E-state index contributed by atoms with van der Waals surface area (Å²) in [5, 5.41) is 0. The number of hydrogen-bond acceptors (Lipinski definition) is 5. The van der Waals surface area contributed by atoms with E-state index in [1.807, 2.05) is 18.2 Å². The van der Waals surface area contributed by atoms with Gasteiger partial charge in [0, 0.05) is 17.8 Å². The second-order valence-electron chi connectivity index (χ2n) is 5.55. The van der Waals surface area contributed by atoms with Crippen molar-refractivity contribution in [2.24, 2.45) is 0 Å². The van der Waals surface area contributed by atoms with Gasteiger partial charge in [0.1, 0.15) is 17.2 Å². The summed E-state index contributed by atoms with van der Waals surface area (Å²) in [4.78, 5) is 28.2. The van der Waals surface area contributed by atoms with Crippen LogP contribution >= 0.6 is 0 Å². The minimum atomic E-state index is -0.688. The molecule has 8 heteroatoms. The third kappa shape index (κ3) is 4.61.